The highest BCUT2D eigenvalue weighted by Gasteiger charge is 2.07. The summed E-state index contributed by atoms with van der Waals surface area (Å²) in [6, 6.07) is 8.24. The zero-order valence-electron chi connectivity index (χ0n) is 8.11. The smallest absolute Gasteiger partial charge is 0.119 e. The molecular formula is C10H14OS2. The highest BCUT2D eigenvalue weighted by atomic mass is 32.2. The Balaban J connectivity index is 2.86. The van der Waals surface area contributed by atoms with Gasteiger partial charge in [0.1, 0.15) is 5.75 Å². The molecule has 0 bridgehead atoms. The molecule has 0 saturated heterocycles. The summed E-state index contributed by atoms with van der Waals surface area (Å²) >= 11 is 3.70. The van der Waals surface area contributed by atoms with E-state index in [9.17, 15) is 0 Å². The van der Waals surface area contributed by atoms with Crippen LogP contribution in [0.2, 0.25) is 0 Å². The van der Waals surface area contributed by atoms with Crippen molar-refractivity contribution < 1.29 is 4.74 Å². The first-order valence-electron chi connectivity index (χ1n) is 4.01. The Morgan fingerprint density at radius 1 is 1.23 bits per heavy atom. The number of ether oxygens (including phenoxy) is 1. The van der Waals surface area contributed by atoms with Gasteiger partial charge in [-0.15, -0.1) is 23.5 Å². The summed E-state index contributed by atoms with van der Waals surface area (Å²) in [5.41, 5.74) is 1.32. The lowest BCUT2D eigenvalue weighted by atomic mass is 10.2. The van der Waals surface area contributed by atoms with Crippen molar-refractivity contribution in [3.63, 3.8) is 0 Å². The maximum atomic E-state index is 5.18. The number of methoxy groups -OCH3 is 1. The third-order valence-corrected chi connectivity index (χ3v) is 4.35. The van der Waals surface area contributed by atoms with Gasteiger partial charge in [0, 0.05) is 0 Å². The van der Waals surface area contributed by atoms with E-state index in [1.54, 1.807) is 7.11 Å². The molecule has 0 aliphatic rings. The molecule has 1 aromatic rings. The first kappa shape index (κ1) is 10.8. The van der Waals surface area contributed by atoms with Crippen molar-refractivity contribution in [3.05, 3.63) is 29.8 Å². The topological polar surface area (TPSA) is 9.23 Å². The SMILES string of the molecule is COc1cccc(C(SC)SC)c1. The van der Waals surface area contributed by atoms with E-state index >= 15 is 0 Å². The summed E-state index contributed by atoms with van der Waals surface area (Å²) in [6.45, 7) is 0. The zero-order valence-corrected chi connectivity index (χ0v) is 9.74. The van der Waals surface area contributed by atoms with Crippen LogP contribution < -0.4 is 4.74 Å². The molecular weight excluding hydrogens is 200 g/mol. The van der Waals surface area contributed by atoms with Crippen LogP contribution in [0.1, 0.15) is 10.1 Å². The highest BCUT2D eigenvalue weighted by molar-refractivity contribution is 8.15. The van der Waals surface area contributed by atoms with E-state index in [1.165, 1.54) is 5.56 Å². The summed E-state index contributed by atoms with van der Waals surface area (Å²) in [5, 5.41) is 0. The van der Waals surface area contributed by atoms with Crippen LogP contribution in [-0.4, -0.2) is 19.6 Å². The predicted molar refractivity (Wildman–Crippen MR) is 62.8 cm³/mol. The fourth-order valence-electron chi connectivity index (χ4n) is 1.16. The average molecular weight is 214 g/mol. The van der Waals surface area contributed by atoms with E-state index in [-0.39, 0.29) is 0 Å². The second-order valence-corrected chi connectivity index (χ2v) is 4.76. The van der Waals surface area contributed by atoms with Crippen LogP contribution >= 0.6 is 23.5 Å². The van der Waals surface area contributed by atoms with E-state index in [2.05, 4.69) is 24.6 Å². The molecule has 0 amide bonds. The van der Waals surface area contributed by atoms with Gasteiger partial charge in [-0.2, -0.15) is 0 Å². The van der Waals surface area contributed by atoms with Gasteiger partial charge in [0.15, 0.2) is 0 Å². The average Bonchev–Trinajstić information content (AvgIpc) is 2.20. The van der Waals surface area contributed by atoms with Crippen molar-refractivity contribution >= 4 is 23.5 Å². The molecule has 3 heteroatoms. The molecule has 0 aliphatic carbocycles. The van der Waals surface area contributed by atoms with Crippen LogP contribution in [0.4, 0.5) is 0 Å². The van der Waals surface area contributed by atoms with Gasteiger partial charge in [-0.05, 0) is 30.2 Å². The van der Waals surface area contributed by atoms with Gasteiger partial charge in [-0.1, -0.05) is 12.1 Å². The number of hydrogen-bond acceptors (Lipinski definition) is 3. The summed E-state index contributed by atoms with van der Waals surface area (Å²) < 4.78 is 5.68. The van der Waals surface area contributed by atoms with E-state index in [0.29, 0.717) is 4.58 Å². The van der Waals surface area contributed by atoms with Gasteiger partial charge in [-0.3, -0.25) is 0 Å². The molecule has 72 valence electrons. The monoisotopic (exact) mass is 214 g/mol. The number of benzene rings is 1. The van der Waals surface area contributed by atoms with Gasteiger partial charge >= 0.3 is 0 Å². The number of rotatable bonds is 4. The van der Waals surface area contributed by atoms with Gasteiger partial charge in [0.25, 0.3) is 0 Å². The van der Waals surface area contributed by atoms with E-state index in [4.69, 9.17) is 4.74 Å². The quantitative estimate of drug-likeness (QED) is 0.711. The number of hydrogen-bond donors (Lipinski definition) is 0. The first-order valence-corrected chi connectivity index (χ1v) is 6.59. The van der Waals surface area contributed by atoms with Gasteiger partial charge in [-0.25, -0.2) is 0 Å². The lowest BCUT2D eigenvalue weighted by molar-refractivity contribution is 0.414. The van der Waals surface area contributed by atoms with Crippen LogP contribution in [-0.2, 0) is 0 Å². The molecule has 1 aromatic carbocycles. The molecule has 0 aromatic heterocycles. The summed E-state index contributed by atoms with van der Waals surface area (Å²) in [7, 11) is 1.70. The Hall–Kier alpha value is -0.280. The van der Waals surface area contributed by atoms with Crippen LogP contribution in [0.5, 0.6) is 5.75 Å². The van der Waals surface area contributed by atoms with Gasteiger partial charge in [0.2, 0.25) is 0 Å². The molecule has 0 aliphatic heterocycles. The van der Waals surface area contributed by atoms with Crippen molar-refractivity contribution in [2.24, 2.45) is 0 Å². The Morgan fingerprint density at radius 2 is 1.92 bits per heavy atom. The van der Waals surface area contributed by atoms with Crippen molar-refractivity contribution in [2.45, 2.75) is 4.58 Å². The standard InChI is InChI=1S/C10H14OS2/c1-11-9-6-4-5-8(7-9)10(12-2)13-3/h4-7,10H,1-3H3. The first-order chi connectivity index (χ1) is 6.31. The van der Waals surface area contributed by atoms with E-state index < -0.39 is 0 Å². The molecule has 1 nitrogen and oxygen atoms in total. The zero-order chi connectivity index (χ0) is 9.68. The minimum absolute atomic E-state index is 0.509. The van der Waals surface area contributed by atoms with Gasteiger partial charge < -0.3 is 4.74 Å². The van der Waals surface area contributed by atoms with Crippen LogP contribution in [0.3, 0.4) is 0 Å². The Labute approximate surface area is 88.3 Å². The molecule has 0 unspecified atom stereocenters. The van der Waals surface area contributed by atoms with Crippen LogP contribution in [0.15, 0.2) is 24.3 Å². The fraction of sp³-hybridized carbons (Fsp3) is 0.400. The third kappa shape index (κ3) is 2.85. The predicted octanol–water partition coefficient (Wildman–Crippen LogP) is 3.42. The second kappa shape index (κ2) is 5.45. The minimum Gasteiger partial charge on any atom is -0.497 e. The molecule has 0 saturated carbocycles. The molecule has 1 rings (SSSR count). The molecule has 0 heterocycles. The van der Waals surface area contributed by atoms with Gasteiger partial charge in [0.05, 0.1) is 11.7 Å². The van der Waals surface area contributed by atoms with Crippen molar-refractivity contribution in [1.82, 2.24) is 0 Å². The number of thioether (sulfide) groups is 2. The Kier molecular flexibility index (Phi) is 4.53. The largest absolute Gasteiger partial charge is 0.497 e. The normalized spacial score (nSPS) is 10.5. The summed E-state index contributed by atoms with van der Waals surface area (Å²) in [6.07, 6.45) is 4.25. The molecule has 0 N–H and O–H groups in total. The van der Waals surface area contributed by atoms with E-state index in [1.807, 2.05) is 35.7 Å². The molecule has 0 fully saturated rings. The Morgan fingerprint density at radius 3 is 2.46 bits per heavy atom. The lowest BCUT2D eigenvalue weighted by Crippen LogP contribution is -1.89. The lowest BCUT2D eigenvalue weighted by Gasteiger charge is -2.12. The fourth-order valence-corrected chi connectivity index (χ4v) is 2.76. The van der Waals surface area contributed by atoms with Crippen molar-refractivity contribution in [1.29, 1.82) is 0 Å². The molecule has 0 radical (unpaired) electrons. The van der Waals surface area contributed by atoms with Crippen molar-refractivity contribution in [2.75, 3.05) is 19.6 Å². The van der Waals surface area contributed by atoms with Crippen LogP contribution in [0, 0.1) is 0 Å². The maximum absolute atomic E-state index is 5.18. The highest BCUT2D eigenvalue weighted by Crippen LogP contribution is 2.36. The third-order valence-electron chi connectivity index (χ3n) is 1.79. The summed E-state index contributed by atoms with van der Waals surface area (Å²) in [5.74, 6) is 0.936. The van der Waals surface area contributed by atoms with Crippen molar-refractivity contribution in [3.8, 4) is 5.75 Å². The summed E-state index contributed by atoms with van der Waals surface area (Å²) in [4.78, 5) is 0. The van der Waals surface area contributed by atoms with Crippen LogP contribution in [0.25, 0.3) is 0 Å². The van der Waals surface area contributed by atoms with E-state index in [0.717, 1.165) is 5.75 Å². The maximum Gasteiger partial charge on any atom is 0.119 e. The second-order valence-electron chi connectivity index (χ2n) is 2.58. The molecule has 13 heavy (non-hydrogen) atoms. The molecule has 0 atom stereocenters. The Bertz CT molecular complexity index is 259. The molecule has 0 spiro atoms. The minimum atomic E-state index is 0.509.